The molecule has 1 aliphatic heterocycles. The highest BCUT2D eigenvalue weighted by Crippen LogP contribution is 2.29. The van der Waals surface area contributed by atoms with Gasteiger partial charge in [-0.05, 0) is 18.2 Å². The average molecular weight is 332 g/mol. The fourth-order valence-corrected chi connectivity index (χ4v) is 2.81. The van der Waals surface area contributed by atoms with Crippen LogP contribution in [0.2, 0.25) is 5.02 Å². The highest BCUT2D eigenvalue weighted by Gasteiger charge is 2.33. The minimum absolute atomic E-state index is 0.287. The summed E-state index contributed by atoms with van der Waals surface area (Å²) >= 11 is 11.2. The molecule has 6 heteroatoms. The molecule has 0 amide bonds. The molecule has 0 aromatic heterocycles. The van der Waals surface area contributed by atoms with E-state index in [2.05, 4.69) is 10.5 Å². The van der Waals surface area contributed by atoms with E-state index in [9.17, 15) is 5.11 Å². The molecule has 0 spiro atoms. The molecule has 2 N–H and O–H groups in total. The van der Waals surface area contributed by atoms with Crippen LogP contribution in [-0.4, -0.2) is 22.5 Å². The van der Waals surface area contributed by atoms with Crippen LogP contribution in [0.25, 0.3) is 0 Å². The normalized spacial score (nSPS) is 18.5. The second-order valence-electron chi connectivity index (χ2n) is 4.81. The molecule has 0 radical (unpaired) electrons. The van der Waals surface area contributed by atoms with Crippen LogP contribution in [-0.2, 0) is 0 Å². The van der Waals surface area contributed by atoms with E-state index in [1.165, 1.54) is 0 Å². The van der Waals surface area contributed by atoms with Gasteiger partial charge in [0.2, 0.25) is 0 Å². The first-order valence-corrected chi connectivity index (χ1v) is 7.62. The van der Waals surface area contributed by atoms with Crippen LogP contribution >= 0.6 is 23.8 Å². The van der Waals surface area contributed by atoms with E-state index in [4.69, 9.17) is 23.8 Å². The van der Waals surface area contributed by atoms with E-state index in [1.54, 1.807) is 17.5 Å². The summed E-state index contributed by atoms with van der Waals surface area (Å²) in [6.07, 6.45) is -1.23. The number of halogens is 1. The lowest BCUT2D eigenvalue weighted by Gasteiger charge is -2.27. The number of anilines is 1. The highest BCUT2D eigenvalue weighted by atomic mass is 35.5. The zero-order valence-corrected chi connectivity index (χ0v) is 13.1. The number of nitrogens with one attached hydrogen (secondary N) is 1. The number of nitrogens with zero attached hydrogens (tertiary/aromatic N) is 2. The van der Waals surface area contributed by atoms with Gasteiger partial charge in [0.1, 0.15) is 12.3 Å². The Kier molecular flexibility index (Phi) is 4.38. The molecule has 0 aliphatic carbocycles. The lowest BCUT2D eigenvalue weighted by atomic mass is 10.1. The molecule has 0 bridgehead atoms. The van der Waals surface area contributed by atoms with Crippen molar-refractivity contribution in [1.82, 2.24) is 5.43 Å². The van der Waals surface area contributed by atoms with E-state index >= 15 is 0 Å². The summed E-state index contributed by atoms with van der Waals surface area (Å²) < 4.78 is 0. The number of para-hydroxylation sites is 1. The van der Waals surface area contributed by atoms with Gasteiger partial charge in [-0.2, -0.15) is 5.10 Å². The third-order valence-electron chi connectivity index (χ3n) is 3.44. The van der Waals surface area contributed by atoms with Crippen molar-refractivity contribution < 1.29 is 5.11 Å². The fraction of sp³-hybridized carbons (Fsp3) is 0.125. The van der Waals surface area contributed by atoms with Crippen LogP contribution in [0.5, 0.6) is 0 Å². The first-order chi connectivity index (χ1) is 10.7. The molecule has 22 heavy (non-hydrogen) atoms. The standard InChI is InChI=1S/C16H14ClN3OS/c17-13-9-5-4-8-12(13)15(21)16-19-18-14(10-22)20(16)11-6-2-1-3-7-11/h1-10,14-15,18,21H. The van der Waals surface area contributed by atoms with Crippen molar-refractivity contribution in [2.24, 2.45) is 5.10 Å². The molecular formula is C16H14ClN3OS. The summed E-state index contributed by atoms with van der Waals surface area (Å²) in [5.41, 5.74) is 4.43. The van der Waals surface area contributed by atoms with Crippen molar-refractivity contribution in [2.45, 2.75) is 12.3 Å². The molecule has 3 rings (SSSR count). The molecule has 2 aromatic rings. The maximum Gasteiger partial charge on any atom is 0.164 e. The van der Waals surface area contributed by atoms with Crippen LogP contribution in [0.1, 0.15) is 11.7 Å². The van der Waals surface area contributed by atoms with Gasteiger partial charge < -0.3 is 5.11 Å². The lowest BCUT2D eigenvalue weighted by Crippen LogP contribution is -2.43. The number of rotatable bonds is 4. The van der Waals surface area contributed by atoms with E-state index < -0.39 is 6.10 Å². The smallest absolute Gasteiger partial charge is 0.164 e. The summed E-state index contributed by atoms with van der Waals surface area (Å²) in [4.78, 5) is 1.86. The molecule has 4 nitrogen and oxygen atoms in total. The Hall–Kier alpha value is -1.95. The molecule has 0 saturated heterocycles. The molecule has 2 unspecified atom stereocenters. The summed E-state index contributed by atoms with van der Waals surface area (Å²) in [6.45, 7) is 0. The van der Waals surface area contributed by atoms with Crippen molar-refractivity contribution in [3.8, 4) is 0 Å². The van der Waals surface area contributed by atoms with Gasteiger partial charge in [0, 0.05) is 21.6 Å². The molecule has 1 aliphatic rings. The van der Waals surface area contributed by atoms with Gasteiger partial charge in [-0.25, -0.2) is 0 Å². The monoisotopic (exact) mass is 331 g/mol. The third kappa shape index (κ3) is 2.70. The highest BCUT2D eigenvalue weighted by molar-refractivity contribution is 7.79. The summed E-state index contributed by atoms with van der Waals surface area (Å²) in [7, 11) is 0. The average Bonchev–Trinajstić information content (AvgIpc) is 2.99. The SMILES string of the molecule is OC(C1=NNC(C=S)N1c1ccccc1)c1ccccc1Cl. The number of thiocarbonyl (C=S) groups is 1. The largest absolute Gasteiger partial charge is 0.380 e. The maximum absolute atomic E-state index is 10.7. The number of amidine groups is 1. The Morgan fingerprint density at radius 1 is 1.18 bits per heavy atom. The number of hydrazone groups is 1. The predicted molar refractivity (Wildman–Crippen MR) is 93.3 cm³/mol. The topological polar surface area (TPSA) is 47.9 Å². The molecule has 0 saturated carbocycles. The Morgan fingerprint density at radius 2 is 1.86 bits per heavy atom. The third-order valence-corrected chi connectivity index (χ3v) is 4.05. The fourth-order valence-electron chi connectivity index (χ4n) is 2.39. The predicted octanol–water partition coefficient (Wildman–Crippen LogP) is 3.12. The van der Waals surface area contributed by atoms with Crippen molar-refractivity contribution in [3.63, 3.8) is 0 Å². The Balaban J connectivity index is 1.98. The summed E-state index contributed by atoms with van der Waals surface area (Å²) in [5, 5.41) is 17.0. The molecule has 0 fully saturated rings. The zero-order valence-electron chi connectivity index (χ0n) is 11.6. The van der Waals surface area contributed by atoms with Gasteiger partial charge >= 0.3 is 0 Å². The minimum atomic E-state index is -0.943. The number of hydrogen-bond donors (Lipinski definition) is 2. The lowest BCUT2D eigenvalue weighted by molar-refractivity contribution is 0.246. The van der Waals surface area contributed by atoms with Gasteiger partial charge in [-0.1, -0.05) is 60.2 Å². The number of hydrogen-bond acceptors (Lipinski definition) is 5. The number of benzene rings is 2. The van der Waals surface area contributed by atoms with Gasteiger partial charge in [0.15, 0.2) is 5.84 Å². The van der Waals surface area contributed by atoms with E-state index in [0.29, 0.717) is 16.4 Å². The van der Waals surface area contributed by atoms with E-state index in [-0.39, 0.29) is 6.17 Å². The first-order valence-electron chi connectivity index (χ1n) is 6.77. The zero-order chi connectivity index (χ0) is 15.5. The van der Waals surface area contributed by atoms with Crippen LogP contribution in [0.3, 0.4) is 0 Å². The Bertz CT molecular complexity index is 708. The maximum atomic E-state index is 10.7. The van der Waals surface area contributed by atoms with Crippen molar-refractivity contribution in [1.29, 1.82) is 0 Å². The van der Waals surface area contributed by atoms with E-state index in [1.807, 2.05) is 47.4 Å². The van der Waals surface area contributed by atoms with Crippen LogP contribution < -0.4 is 10.3 Å². The molecule has 112 valence electrons. The minimum Gasteiger partial charge on any atom is -0.380 e. The van der Waals surface area contributed by atoms with Gasteiger partial charge in [0.05, 0.1) is 0 Å². The van der Waals surface area contributed by atoms with Crippen LogP contribution in [0, 0.1) is 0 Å². The van der Waals surface area contributed by atoms with Crippen molar-refractivity contribution >= 4 is 40.7 Å². The summed E-state index contributed by atoms with van der Waals surface area (Å²) in [6, 6.07) is 16.8. The van der Waals surface area contributed by atoms with Crippen molar-refractivity contribution in [2.75, 3.05) is 4.90 Å². The molecule has 2 aromatic carbocycles. The first kappa shape index (κ1) is 15.0. The number of aliphatic hydroxyl groups excluding tert-OH is 1. The summed E-state index contributed by atoms with van der Waals surface area (Å²) in [5.74, 6) is 0.463. The Labute approximate surface area is 139 Å². The molecule has 1 heterocycles. The quantitative estimate of drug-likeness (QED) is 0.845. The van der Waals surface area contributed by atoms with Crippen LogP contribution in [0.4, 0.5) is 5.69 Å². The van der Waals surface area contributed by atoms with Gasteiger partial charge in [0.25, 0.3) is 0 Å². The molecular weight excluding hydrogens is 318 g/mol. The number of aliphatic hydroxyl groups is 1. The molecule has 2 atom stereocenters. The van der Waals surface area contributed by atoms with Gasteiger partial charge in [-0.3, -0.25) is 10.3 Å². The van der Waals surface area contributed by atoms with E-state index in [0.717, 1.165) is 5.69 Å². The Morgan fingerprint density at radius 3 is 2.55 bits per heavy atom. The van der Waals surface area contributed by atoms with Crippen LogP contribution in [0.15, 0.2) is 59.7 Å². The van der Waals surface area contributed by atoms with Gasteiger partial charge in [-0.15, -0.1) is 0 Å². The second-order valence-corrected chi connectivity index (χ2v) is 5.49. The second kappa shape index (κ2) is 6.44. The van der Waals surface area contributed by atoms with Crippen molar-refractivity contribution in [3.05, 3.63) is 65.2 Å².